The molecule has 0 bridgehead atoms. The fourth-order valence-electron chi connectivity index (χ4n) is 2.91. The minimum absolute atomic E-state index is 0.750. The lowest BCUT2D eigenvalue weighted by molar-refractivity contribution is 0.415. The van der Waals surface area contributed by atoms with Gasteiger partial charge >= 0.3 is 0 Å². The molecule has 0 saturated heterocycles. The van der Waals surface area contributed by atoms with E-state index in [-0.39, 0.29) is 0 Å². The van der Waals surface area contributed by atoms with E-state index in [0.717, 1.165) is 31.6 Å². The Bertz CT molecular complexity index is 744. The van der Waals surface area contributed by atoms with E-state index in [1.54, 1.807) is 7.11 Å². The first-order chi connectivity index (χ1) is 10.8. The van der Waals surface area contributed by atoms with Gasteiger partial charge in [0.1, 0.15) is 5.75 Å². The van der Waals surface area contributed by atoms with Gasteiger partial charge in [0.05, 0.1) is 7.11 Å². The van der Waals surface area contributed by atoms with Gasteiger partial charge in [-0.2, -0.15) is 0 Å². The predicted molar refractivity (Wildman–Crippen MR) is 92.3 cm³/mol. The van der Waals surface area contributed by atoms with Crippen LogP contribution in [0.5, 0.6) is 5.75 Å². The standard InChI is InChI=1S/C19H22N2O/c1-22-15-11-9-14(10-12-15)19-17(7-4-5-13-20)16-6-2-3-8-18(16)21-19/h2-3,6,8-12,21H,4-5,7,13,20H2,1H3. The third-order valence-corrected chi connectivity index (χ3v) is 4.07. The van der Waals surface area contributed by atoms with Crippen molar-refractivity contribution in [1.82, 2.24) is 4.98 Å². The highest BCUT2D eigenvalue weighted by molar-refractivity contribution is 5.90. The zero-order valence-electron chi connectivity index (χ0n) is 12.9. The topological polar surface area (TPSA) is 51.0 Å². The molecule has 0 amide bonds. The molecule has 3 aromatic rings. The average Bonchev–Trinajstić information content (AvgIpc) is 2.94. The number of rotatable bonds is 6. The van der Waals surface area contributed by atoms with Gasteiger partial charge in [0, 0.05) is 16.6 Å². The van der Waals surface area contributed by atoms with E-state index in [1.165, 1.54) is 27.7 Å². The molecule has 0 atom stereocenters. The normalized spacial score (nSPS) is 11.0. The number of benzene rings is 2. The van der Waals surface area contributed by atoms with E-state index in [9.17, 15) is 0 Å². The summed E-state index contributed by atoms with van der Waals surface area (Å²) in [4.78, 5) is 3.57. The van der Waals surface area contributed by atoms with E-state index in [2.05, 4.69) is 41.4 Å². The first kappa shape index (κ1) is 14.7. The fourth-order valence-corrected chi connectivity index (χ4v) is 2.91. The van der Waals surface area contributed by atoms with Gasteiger partial charge in [-0.15, -0.1) is 0 Å². The number of fused-ring (bicyclic) bond motifs is 1. The Morgan fingerprint density at radius 3 is 2.50 bits per heavy atom. The molecule has 3 heteroatoms. The molecule has 0 fully saturated rings. The summed E-state index contributed by atoms with van der Waals surface area (Å²) < 4.78 is 5.25. The van der Waals surface area contributed by atoms with Crippen LogP contribution in [0.2, 0.25) is 0 Å². The number of aryl methyl sites for hydroxylation is 1. The second kappa shape index (κ2) is 6.67. The Morgan fingerprint density at radius 1 is 1.00 bits per heavy atom. The predicted octanol–water partition coefficient (Wildman–Crippen LogP) is 4.12. The lowest BCUT2D eigenvalue weighted by Gasteiger charge is -2.06. The molecule has 0 aliphatic carbocycles. The van der Waals surface area contributed by atoms with Crippen LogP contribution in [0, 0.1) is 0 Å². The maximum Gasteiger partial charge on any atom is 0.118 e. The van der Waals surface area contributed by atoms with E-state index in [1.807, 2.05) is 12.1 Å². The number of hydrogen-bond donors (Lipinski definition) is 2. The summed E-state index contributed by atoms with van der Waals surface area (Å²) in [6, 6.07) is 16.7. The van der Waals surface area contributed by atoms with Crippen LogP contribution in [0.3, 0.4) is 0 Å². The molecule has 114 valence electrons. The maximum atomic E-state index is 5.64. The molecule has 0 unspecified atom stereocenters. The molecular formula is C19H22N2O. The molecule has 1 heterocycles. The molecule has 22 heavy (non-hydrogen) atoms. The van der Waals surface area contributed by atoms with Crippen molar-refractivity contribution in [3.8, 4) is 17.0 Å². The van der Waals surface area contributed by atoms with Crippen LogP contribution < -0.4 is 10.5 Å². The molecule has 0 spiro atoms. The van der Waals surface area contributed by atoms with Crippen molar-refractivity contribution in [1.29, 1.82) is 0 Å². The van der Waals surface area contributed by atoms with Crippen LogP contribution in [-0.4, -0.2) is 18.6 Å². The fraction of sp³-hybridized carbons (Fsp3) is 0.263. The summed E-state index contributed by atoms with van der Waals surface area (Å²) in [7, 11) is 1.69. The highest BCUT2D eigenvalue weighted by Gasteiger charge is 2.12. The molecule has 3 rings (SSSR count). The Labute approximate surface area is 131 Å². The lowest BCUT2D eigenvalue weighted by atomic mass is 10.0. The van der Waals surface area contributed by atoms with E-state index < -0.39 is 0 Å². The Hall–Kier alpha value is -2.26. The summed E-state index contributed by atoms with van der Waals surface area (Å²) in [5.41, 5.74) is 10.6. The minimum atomic E-state index is 0.750. The molecule has 2 aromatic carbocycles. The molecule has 3 nitrogen and oxygen atoms in total. The highest BCUT2D eigenvalue weighted by atomic mass is 16.5. The van der Waals surface area contributed by atoms with Crippen molar-refractivity contribution in [2.75, 3.05) is 13.7 Å². The van der Waals surface area contributed by atoms with Crippen molar-refractivity contribution < 1.29 is 4.74 Å². The number of H-pyrrole nitrogens is 1. The summed E-state index contributed by atoms with van der Waals surface area (Å²) in [6.45, 7) is 0.750. The van der Waals surface area contributed by atoms with Crippen LogP contribution in [0.4, 0.5) is 0 Å². The summed E-state index contributed by atoms with van der Waals surface area (Å²) >= 11 is 0. The monoisotopic (exact) mass is 294 g/mol. The summed E-state index contributed by atoms with van der Waals surface area (Å²) in [5.74, 6) is 0.879. The third kappa shape index (κ3) is 2.85. The first-order valence-corrected chi connectivity index (χ1v) is 7.77. The largest absolute Gasteiger partial charge is 0.497 e. The van der Waals surface area contributed by atoms with Crippen LogP contribution in [0.1, 0.15) is 18.4 Å². The number of aromatic amines is 1. The number of aromatic nitrogens is 1. The van der Waals surface area contributed by atoms with Crippen molar-refractivity contribution in [3.63, 3.8) is 0 Å². The second-order valence-corrected chi connectivity index (χ2v) is 5.50. The summed E-state index contributed by atoms with van der Waals surface area (Å²) in [5, 5.41) is 1.31. The van der Waals surface area contributed by atoms with Crippen LogP contribution >= 0.6 is 0 Å². The molecule has 0 radical (unpaired) electrons. The first-order valence-electron chi connectivity index (χ1n) is 7.77. The Morgan fingerprint density at radius 2 is 1.77 bits per heavy atom. The van der Waals surface area contributed by atoms with E-state index in [4.69, 9.17) is 10.5 Å². The van der Waals surface area contributed by atoms with Gasteiger partial charge in [0.25, 0.3) is 0 Å². The number of unbranched alkanes of at least 4 members (excludes halogenated alkanes) is 1. The third-order valence-electron chi connectivity index (χ3n) is 4.07. The van der Waals surface area contributed by atoms with Crippen molar-refractivity contribution in [2.24, 2.45) is 5.73 Å². The van der Waals surface area contributed by atoms with Gasteiger partial charge in [-0.05, 0) is 67.3 Å². The van der Waals surface area contributed by atoms with Gasteiger partial charge in [0.15, 0.2) is 0 Å². The average molecular weight is 294 g/mol. The maximum absolute atomic E-state index is 5.64. The molecule has 0 aliphatic heterocycles. The van der Waals surface area contributed by atoms with Crippen molar-refractivity contribution in [2.45, 2.75) is 19.3 Å². The van der Waals surface area contributed by atoms with Crippen molar-refractivity contribution >= 4 is 10.9 Å². The van der Waals surface area contributed by atoms with Gasteiger partial charge in [-0.1, -0.05) is 18.2 Å². The summed E-state index contributed by atoms with van der Waals surface area (Å²) in [6.07, 6.45) is 3.21. The SMILES string of the molecule is COc1ccc(-c2[nH]c3ccccc3c2CCCCN)cc1. The van der Waals surface area contributed by atoms with Crippen LogP contribution in [-0.2, 0) is 6.42 Å². The van der Waals surface area contributed by atoms with E-state index >= 15 is 0 Å². The zero-order chi connectivity index (χ0) is 15.4. The Kier molecular flexibility index (Phi) is 4.45. The van der Waals surface area contributed by atoms with Crippen LogP contribution in [0.25, 0.3) is 22.2 Å². The lowest BCUT2D eigenvalue weighted by Crippen LogP contribution is -1.99. The van der Waals surface area contributed by atoms with Gasteiger partial charge < -0.3 is 15.5 Å². The van der Waals surface area contributed by atoms with Gasteiger partial charge in [-0.25, -0.2) is 0 Å². The highest BCUT2D eigenvalue weighted by Crippen LogP contribution is 2.32. The molecule has 3 N–H and O–H groups in total. The molecule has 0 saturated carbocycles. The Balaban J connectivity index is 2.04. The number of hydrogen-bond acceptors (Lipinski definition) is 2. The number of methoxy groups -OCH3 is 1. The number of ether oxygens (including phenoxy) is 1. The molecule has 0 aliphatic rings. The second-order valence-electron chi connectivity index (χ2n) is 5.50. The van der Waals surface area contributed by atoms with Crippen LogP contribution in [0.15, 0.2) is 48.5 Å². The zero-order valence-corrected chi connectivity index (χ0v) is 12.9. The van der Waals surface area contributed by atoms with Crippen molar-refractivity contribution in [3.05, 3.63) is 54.1 Å². The molecule has 1 aromatic heterocycles. The number of nitrogens with two attached hydrogens (primary N) is 1. The quantitative estimate of drug-likeness (QED) is 0.672. The van der Waals surface area contributed by atoms with Gasteiger partial charge in [-0.3, -0.25) is 0 Å². The smallest absolute Gasteiger partial charge is 0.118 e. The molecular weight excluding hydrogens is 272 g/mol. The number of nitrogens with one attached hydrogen (secondary N) is 1. The number of para-hydroxylation sites is 1. The van der Waals surface area contributed by atoms with Gasteiger partial charge in [0.2, 0.25) is 0 Å². The van der Waals surface area contributed by atoms with E-state index in [0.29, 0.717) is 0 Å². The minimum Gasteiger partial charge on any atom is -0.497 e.